The number of rotatable bonds is 6. The zero-order chi connectivity index (χ0) is 17.7. The van der Waals surface area contributed by atoms with E-state index in [0.29, 0.717) is 6.42 Å². The number of hydrogen-bond acceptors (Lipinski definition) is 3. The van der Waals surface area contributed by atoms with E-state index < -0.39 is 6.04 Å². The predicted octanol–water partition coefficient (Wildman–Crippen LogP) is 1.46. The maximum absolute atomic E-state index is 12.1. The van der Waals surface area contributed by atoms with E-state index in [9.17, 15) is 9.59 Å². The fraction of sp³-hybridized carbons (Fsp3) is 0.444. The molecule has 6 heteroatoms. The number of nitrogens with one attached hydrogen (secondary N) is 3. The van der Waals surface area contributed by atoms with Gasteiger partial charge in [0, 0.05) is 35.6 Å². The lowest BCUT2D eigenvalue weighted by atomic mass is 10.1. The van der Waals surface area contributed by atoms with E-state index in [2.05, 4.69) is 15.6 Å². The SMILES string of the molecule is CC(C)(C)NC(=O)CCNC(=O)[C@@H](N)Cc1c[nH]c2ccccc12. The van der Waals surface area contributed by atoms with Crippen LogP contribution in [0.4, 0.5) is 0 Å². The molecule has 0 saturated carbocycles. The maximum Gasteiger partial charge on any atom is 0.237 e. The number of carbonyl (C=O) groups excluding carboxylic acids is 2. The summed E-state index contributed by atoms with van der Waals surface area (Å²) < 4.78 is 0. The molecule has 0 bridgehead atoms. The highest BCUT2D eigenvalue weighted by Gasteiger charge is 2.17. The summed E-state index contributed by atoms with van der Waals surface area (Å²) in [6.07, 6.45) is 2.57. The molecule has 0 spiro atoms. The van der Waals surface area contributed by atoms with E-state index in [1.807, 2.05) is 51.2 Å². The lowest BCUT2D eigenvalue weighted by molar-refractivity contribution is -0.123. The van der Waals surface area contributed by atoms with Crippen LogP contribution in [0, 0.1) is 0 Å². The van der Waals surface area contributed by atoms with E-state index in [1.54, 1.807) is 0 Å². The normalized spacial score (nSPS) is 12.8. The molecule has 24 heavy (non-hydrogen) atoms. The molecular weight excluding hydrogens is 304 g/mol. The first kappa shape index (κ1) is 18.0. The van der Waals surface area contributed by atoms with Crippen LogP contribution in [0.1, 0.15) is 32.8 Å². The Kier molecular flexibility index (Phi) is 5.62. The van der Waals surface area contributed by atoms with Crippen LogP contribution in [0.5, 0.6) is 0 Å². The third-order valence-corrected chi connectivity index (χ3v) is 3.62. The van der Waals surface area contributed by atoms with E-state index in [4.69, 9.17) is 5.73 Å². The Morgan fingerprint density at radius 1 is 1.25 bits per heavy atom. The molecule has 1 aromatic carbocycles. The van der Waals surface area contributed by atoms with Gasteiger partial charge in [-0.25, -0.2) is 0 Å². The van der Waals surface area contributed by atoms with Gasteiger partial charge >= 0.3 is 0 Å². The average Bonchev–Trinajstić information content (AvgIpc) is 2.88. The number of nitrogens with two attached hydrogens (primary N) is 1. The lowest BCUT2D eigenvalue weighted by Crippen LogP contribution is -2.45. The highest BCUT2D eigenvalue weighted by Crippen LogP contribution is 2.18. The number of benzene rings is 1. The highest BCUT2D eigenvalue weighted by atomic mass is 16.2. The Labute approximate surface area is 142 Å². The van der Waals surface area contributed by atoms with Crippen molar-refractivity contribution in [1.82, 2.24) is 15.6 Å². The largest absolute Gasteiger partial charge is 0.361 e. The average molecular weight is 330 g/mol. The van der Waals surface area contributed by atoms with Gasteiger partial charge in [-0.15, -0.1) is 0 Å². The summed E-state index contributed by atoms with van der Waals surface area (Å²) in [6, 6.07) is 7.26. The van der Waals surface area contributed by atoms with Gasteiger partial charge in [-0.2, -0.15) is 0 Å². The van der Waals surface area contributed by atoms with Crippen LogP contribution < -0.4 is 16.4 Å². The number of amides is 2. The molecule has 0 fully saturated rings. The van der Waals surface area contributed by atoms with Crippen molar-refractivity contribution < 1.29 is 9.59 Å². The molecule has 6 nitrogen and oxygen atoms in total. The van der Waals surface area contributed by atoms with Gasteiger partial charge in [-0.1, -0.05) is 18.2 Å². The molecule has 5 N–H and O–H groups in total. The van der Waals surface area contributed by atoms with Crippen molar-refractivity contribution in [3.05, 3.63) is 36.0 Å². The molecule has 0 unspecified atom stereocenters. The van der Waals surface area contributed by atoms with Crippen LogP contribution in [-0.4, -0.2) is 34.9 Å². The summed E-state index contributed by atoms with van der Waals surface area (Å²) in [4.78, 5) is 27.0. The Morgan fingerprint density at radius 3 is 2.67 bits per heavy atom. The molecular formula is C18H26N4O2. The van der Waals surface area contributed by atoms with Crippen molar-refractivity contribution in [2.45, 2.75) is 45.2 Å². The summed E-state index contributed by atoms with van der Waals surface area (Å²) in [5.74, 6) is -0.336. The number of carbonyl (C=O) groups is 2. The van der Waals surface area contributed by atoms with Crippen molar-refractivity contribution in [2.75, 3.05) is 6.54 Å². The van der Waals surface area contributed by atoms with Crippen LogP contribution in [0.2, 0.25) is 0 Å². The third kappa shape index (κ3) is 5.09. The quantitative estimate of drug-likeness (QED) is 0.645. The molecule has 1 heterocycles. The number of para-hydroxylation sites is 1. The maximum atomic E-state index is 12.1. The summed E-state index contributed by atoms with van der Waals surface area (Å²) in [5, 5.41) is 6.65. The van der Waals surface area contributed by atoms with Crippen LogP contribution in [0.3, 0.4) is 0 Å². The Hall–Kier alpha value is -2.34. The monoisotopic (exact) mass is 330 g/mol. The number of aromatic amines is 1. The molecule has 1 aromatic heterocycles. The fourth-order valence-electron chi connectivity index (χ4n) is 2.54. The molecule has 2 aromatic rings. The summed E-state index contributed by atoms with van der Waals surface area (Å²) in [6.45, 7) is 6.03. The Balaban J connectivity index is 1.81. The first-order valence-corrected chi connectivity index (χ1v) is 8.15. The third-order valence-electron chi connectivity index (χ3n) is 3.62. The van der Waals surface area contributed by atoms with Gasteiger partial charge < -0.3 is 21.4 Å². The van der Waals surface area contributed by atoms with Gasteiger partial charge in [-0.3, -0.25) is 9.59 Å². The summed E-state index contributed by atoms with van der Waals surface area (Å²) in [5.41, 5.74) is 7.76. The molecule has 0 aliphatic rings. The van der Waals surface area contributed by atoms with Crippen molar-refractivity contribution in [1.29, 1.82) is 0 Å². The highest BCUT2D eigenvalue weighted by molar-refractivity contribution is 5.86. The fourth-order valence-corrected chi connectivity index (χ4v) is 2.54. The minimum Gasteiger partial charge on any atom is -0.361 e. The molecule has 0 radical (unpaired) electrons. The van der Waals surface area contributed by atoms with Crippen molar-refractivity contribution in [3.8, 4) is 0 Å². The van der Waals surface area contributed by atoms with E-state index >= 15 is 0 Å². The molecule has 0 aliphatic carbocycles. The Morgan fingerprint density at radius 2 is 1.96 bits per heavy atom. The number of H-pyrrole nitrogens is 1. The van der Waals surface area contributed by atoms with Crippen LogP contribution >= 0.6 is 0 Å². The smallest absolute Gasteiger partial charge is 0.237 e. The second kappa shape index (κ2) is 7.49. The molecule has 0 saturated heterocycles. The van der Waals surface area contributed by atoms with Crippen molar-refractivity contribution in [2.24, 2.45) is 5.73 Å². The molecule has 2 rings (SSSR count). The first-order valence-electron chi connectivity index (χ1n) is 8.15. The van der Waals surface area contributed by atoms with Crippen LogP contribution in [0.15, 0.2) is 30.5 Å². The molecule has 2 amide bonds. The number of fused-ring (bicyclic) bond motifs is 1. The van der Waals surface area contributed by atoms with E-state index in [1.165, 1.54) is 0 Å². The van der Waals surface area contributed by atoms with Gasteiger partial charge in [0.1, 0.15) is 0 Å². The Bertz CT molecular complexity index is 715. The van der Waals surface area contributed by atoms with E-state index in [0.717, 1.165) is 16.5 Å². The standard InChI is InChI=1S/C18H26N4O2/c1-18(2,3)22-16(23)8-9-20-17(24)14(19)10-12-11-21-15-7-5-4-6-13(12)15/h4-7,11,14,21H,8-10,19H2,1-3H3,(H,20,24)(H,22,23)/t14-/m0/s1. The lowest BCUT2D eigenvalue weighted by Gasteiger charge is -2.20. The van der Waals surface area contributed by atoms with Gasteiger partial charge in [0.25, 0.3) is 0 Å². The number of hydrogen-bond donors (Lipinski definition) is 4. The predicted molar refractivity (Wildman–Crippen MR) is 95.5 cm³/mol. The molecule has 1 atom stereocenters. The zero-order valence-electron chi connectivity index (χ0n) is 14.5. The topological polar surface area (TPSA) is 100 Å². The van der Waals surface area contributed by atoms with Crippen LogP contribution in [0.25, 0.3) is 10.9 Å². The summed E-state index contributed by atoms with van der Waals surface area (Å²) in [7, 11) is 0. The van der Waals surface area contributed by atoms with Gasteiger partial charge in [-0.05, 0) is 38.8 Å². The van der Waals surface area contributed by atoms with Crippen molar-refractivity contribution >= 4 is 22.7 Å². The minimum atomic E-state index is -0.644. The van der Waals surface area contributed by atoms with Crippen LogP contribution in [-0.2, 0) is 16.0 Å². The first-order chi connectivity index (χ1) is 11.3. The second-order valence-corrected chi connectivity index (χ2v) is 7.01. The molecule has 0 aliphatic heterocycles. The summed E-state index contributed by atoms with van der Waals surface area (Å²) >= 11 is 0. The minimum absolute atomic E-state index is 0.0898. The second-order valence-electron chi connectivity index (χ2n) is 7.01. The zero-order valence-corrected chi connectivity index (χ0v) is 14.5. The van der Waals surface area contributed by atoms with Gasteiger partial charge in [0.2, 0.25) is 11.8 Å². The van der Waals surface area contributed by atoms with Gasteiger partial charge in [0.15, 0.2) is 0 Å². The van der Waals surface area contributed by atoms with Gasteiger partial charge in [0.05, 0.1) is 6.04 Å². The van der Waals surface area contributed by atoms with Crippen molar-refractivity contribution in [3.63, 3.8) is 0 Å². The number of aromatic nitrogens is 1. The van der Waals surface area contributed by atoms with E-state index in [-0.39, 0.29) is 30.3 Å². The molecule has 130 valence electrons.